The van der Waals surface area contributed by atoms with Gasteiger partial charge >= 0.3 is 0 Å². The minimum absolute atomic E-state index is 0.0711. The van der Waals surface area contributed by atoms with E-state index in [1.165, 1.54) is 0 Å². The SMILES string of the molecule is CCC(Br)CCNC(=O)c1ccc(Cl)c(Br)c1. The van der Waals surface area contributed by atoms with Crippen LogP contribution in [0.5, 0.6) is 0 Å². The summed E-state index contributed by atoms with van der Waals surface area (Å²) in [6, 6.07) is 5.15. The van der Waals surface area contributed by atoms with Crippen LogP contribution in [0, 0.1) is 0 Å². The molecule has 0 aromatic heterocycles. The molecule has 0 saturated heterocycles. The summed E-state index contributed by atoms with van der Waals surface area (Å²) in [6.45, 7) is 2.78. The number of amides is 1. The average molecular weight is 384 g/mol. The molecule has 0 bridgehead atoms. The standard InChI is InChI=1S/C12H14Br2ClNO/c1-2-9(13)5-6-16-12(17)8-3-4-11(15)10(14)7-8/h3-4,7,9H,2,5-6H2,1H3,(H,16,17). The van der Waals surface area contributed by atoms with Crippen LogP contribution in [0.4, 0.5) is 0 Å². The Morgan fingerprint density at radius 2 is 2.24 bits per heavy atom. The fourth-order valence-corrected chi connectivity index (χ4v) is 2.01. The van der Waals surface area contributed by atoms with Crippen LogP contribution in [0.3, 0.4) is 0 Å². The fraction of sp³-hybridized carbons (Fsp3) is 0.417. The van der Waals surface area contributed by atoms with Crippen molar-refractivity contribution in [2.45, 2.75) is 24.6 Å². The lowest BCUT2D eigenvalue weighted by Crippen LogP contribution is -2.25. The van der Waals surface area contributed by atoms with Gasteiger partial charge in [0.25, 0.3) is 5.91 Å². The van der Waals surface area contributed by atoms with E-state index in [0.717, 1.165) is 17.3 Å². The maximum absolute atomic E-state index is 11.8. The molecule has 1 rings (SSSR count). The Labute approximate surface area is 123 Å². The van der Waals surface area contributed by atoms with E-state index < -0.39 is 0 Å². The van der Waals surface area contributed by atoms with Crippen molar-refractivity contribution in [1.29, 1.82) is 0 Å². The molecule has 17 heavy (non-hydrogen) atoms. The first-order valence-corrected chi connectivity index (χ1v) is 7.50. The number of carbonyl (C=O) groups is 1. The van der Waals surface area contributed by atoms with Crippen LogP contribution < -0.4 is 5.32 Å². The van der Waals surface area contributed by atoms with Gasteiger partial charge in [0.15, 0.2) is 0 Å². The fourth-order valence-electron chi connectivity index (χ4n) is 1.29. The van der Waals surface area contributed by atoms with Crippen molar-refractivity contribution in [1.82, 2.24) is 5.32 Å². The Balaban J connectivity index is 2.50. The third-order valence-electron chi connectivity index (χ3n) is 2.37. The lowest BCUT2D eigenvalue weighted by atomic mass is 10.2. The van der Waals surface area contributed by atoms with E-state index in [1.54, 1.807) is 18.2 Å². The topological polar surface area (TPSA) is 29.1 Å². The molecule has 1 unspecified atom stereocenters. The van der Waals surface area contributed by atoms with Crippen molar-refractivity contribution in [2.75, 3.05) is 6.54 Å². The van der Waals surface area contributed by atoms with Gasteiger partial charge in [0.05, 0.1) is 5.02 Å². The molecule has 1 aromatic rings. The number of rotatable bonds is 5. The summed E-state index contributed by atoms with van der Waals surface area (Å²) < 4.78 is 0.735. The van der Waals surface area contributed by atoms with Crippen LogP contribution in [0.1, 0.15) is 30.1 Å². The molecule has 2 nitrogen and oxygen atoms in total. The predicted octanol–water partition coefficient (Wildman–Crippen LogP) is 4.40. The molecule has 0 saturated carbocycles. The second-order valence-corrected chi connectivity index (χ2v) is 6.24. The third-order valence-corrected chi connectivity index (χ3v) is 4.69. The highest BCUT2D eigenvalue weighted by Crippen LogP contribution is 2.23. The first kappa shape index (κ1) is 15.0. The van der Waals surface area contributed by atoms with Crippen LogP contribution in [0.2, 0.25) is 5.02 Å². The maximum Gasteiger partial charge on any atom is 0.251 e. The van der Waals surface area contributed by atoms with Crippen LogP contribution in [0.25, 0.3) is 0 Å². The minimum atomic E-state index is -0.0711. The van der Waals surface area contributed by atoms with Gasteiger partial charge in [0.1, 0.15) is 0 Å². The van der Waals surface area contributed by atoms with Gasteiger partial charge in [-0.3, -0.25) is 4.79 Å². The Hall–Kier alpha value is -0.0600. The van der Waals surface area contributed by atoms with Crippen LogP contribution in [-0.4, -0.2) is 17.3 Å². The second-order valence-electron chi connectivity index (χ2n) is 3.68. The molecule has 0 heterocycles. The van der Waals surface area contributed by atoms with E-state index in [2.05, 4.69) is 44.1 Å². The van der Waals surface area contributed by atoms with Gasteiger partial charge in [-0.05, 0) is 47.0 Å². The lowest BCUT2D eigenvalue weighted by molar-refractivity contribution is 0.0953. The first-order chi connectivity index (χ1) is 8.04. The molecular weight excluding hydrogens is 369 g/mol. The van der Waals surface area contributed by atoms with E-state index in [0.29, 0.717) is 22.0 Å². The molecule has 1 aromatic carbocycles. The van der Waals surface area contributed by atoms with Crippen molar-refractivity contribution in [3.8, 4) is 0 Å². The number of carbonyl (C=O) groups excluding carboxylic acids is 1. The molecule has 1 amide bonds. The molecule has 0 fully saturated rings. The highest BCUT2D eigenvalue weighted by atomic mass is 79.9. The van der Waals surface area contributed by atoms with Gasteiger partial charge in [-0.1, -0.05) is 34.5 Å². The first-order valence-electron chi connectivity index (χ1n) is 5.42. The summed E-state index contributed by atoms with van der Waals surface area (Å²) in [5, 5.41) is 3.48. The molecule has 1 atom stereocenters. The van der Waals surface area contributed by atoms with Gasteiger partial charge in [0.2, 0.25) is 0 Å². The van der Waals surface area contributed by atoms with Crippen molar-refractivity contribution < 1.29 is 4.79 Å². The third kappa shape index (κ3) is 4.98. The zero-order valence-electron chi connectivity index (χ0n) is 9.47. The molecule has 5 heteroatoms. The van der Waals surface area contributed by atoms with Crippen molar-refractivity contribution in [3.05, 3.63) is 33.3 Å². The number of alkyl halides is 1. The van der Waals surface area contributed by atoms with Gasteiger partial charge in [0, 0.05) is 21.4 Å². The predicted molar refractivity (Wildman–Crippen MR) is 79.1 cm³/mol. The number of hydrogen-bond acceptors (Lipinski definition) is 1. The Kier molecular flexibility index (Phi) is 6.52. The zero-order chi connectivity index (χ0) is 12.8. The smallest absolute Gasteiger partial charge is 0.251 e. The summed E-state index contributed by atoms with van der Waals surface area (Å²) in [5.41, 5.74) is 0.615. The number of benzene rings is 1. The van der Waals surface area contributed by atoms with E-state index >= 15 is 0 Å². The van der Waals surface area contributed by atoms with Crippen LogP contribution in [-0.2, 0) is 0 Å². The van der Waals surface area contributed by atoms with Crippen molar-refractivity contribution in [3.63, 3.8) is 0 Å². The molecule has 0 aliphatic heterocycles. The Morgan fingerprint density at radius 1 is 1.53 bits per heavy atom. The summed E-state index contributed by atoms with van der Waals surface area (Å²) in [7, 11) is 0. The Morgan fingerprint density at radius 3 is 2.82 bits per heavy atom. The summed E-state index contributed by atoms with van der Waals surface area (Å²) in [6.07, 6.45) is 1.99. The van der Waals surface area contributed by atoms with Gasteiger partial charge < -0.3 is 5.32 Å². The largest absolute Gasteiger partial charge is 0.352 e. The maximum atomic E-state index is 11.8. The molecule has 1 N–H and O–H groups in total. The van der Waals surface area contributed by atoms with Crippen LogP contribution >= 0.6 is 43.5 Å². The molecule has 0 spiro atoms. The quantitative estimate of drug-likeness (QED) is 0.751. The molecule has 0 aliphatic rings. The monoisotopic (exact) mass is 381 g/mol. The van der Waals surface area contributed by atoms with Crippen molar-refractivity contribution in [2.24, 2.45) is 0 Å². The van der Waals surface area contributed by atoms with Gasteiger partial charge in [-0.25, -0.2) is 0 Å². The van der Waals surface area contributed by atoms with Crippen LogP contribution in [0.15, 0.2) is 22.7 Å². The summed E-state index contributed by atoms with van der Waals surface area (Å²) >= 11 is 12.7. The zero-order valence-corrected chi connectivity index (χ0v) is 13.4. The normalized spacial score (nSPS) is 12.2. The highest BCUT2D eigenvalue weighted by Gasteiger charge is 2.08. The number of hydrogen-bond donors (Lipinski definition) is 1. The minimum Gasteiger partial charge on any atom is -0.352 e. The summed E-state index contributed by atoms with van der Waals surface area (Å²) in [5.74, 6) is -0.0711. The lowest BCUT2D eigenvalue weighted by Gasteiger charge is -2.08. The van der Waals surface area contributed by atoms with E-state index in [4.69, 9.17) is 11.6 Å². The van der Waals surface area contributed by atoms with Gasteiger partial charge in [-0.15, -0.1) is 0 Å². The number of halogens is 3. The Bertz CT molecular complexity index is 398. The van der Waals surface area contributed by atoms with E-state index in [9.17, 15) is 4.79 Å². The summed E-state index contributed by atoms with van der Waals surface area (Å²) in [4.78, 5) is 12.2. The molecule has 0 aliphatic carbocycles. The molecule has 94 valence electrons. The van der Waals surface area contributed by atoms with E-state index in [1.807, 2.05) is 0 Å². The number of nitrogens with one attached hydrogen (secondary N) is 1. The average Bonchev–Trinajstić information content (AvgIpc) is 2.32. The molecule has 0 radical (unpaired) electrons. The highest BCUT2D eigenvalue weighted by molar-refractivity contribution is 9.10. The van der Waals surface area contributed by atoms with Crippen molar-refractivity contribution >= 4 is 49.4 Å². The van der Waals surface area contributed by atoms with Gasteiger partial charge in [-0.2, -0.15) is 0 Å². The molecular formula is C12H14Br2ClNO. The second kappa shape index (κ2) is 7.39. The van der Waals surface area contributed by atoms with E-state index in [-0.39, 0.29) is 5.91 Å².